The summed E-state index contributed by atoms with van der Waals surface area (Å²) in [5, 5.41) is 12.5. The maximum absolute atomic E-state index is 13.3. The van der Waals surface area contributed by atoms with Gasteiger partial charge in [0.2, 0.25) is 0 Å². The number of carbonyl (C=O) groups is 1. The predicted molar refractivity (Wildman–Crippen MR) is 70.5 cm³/mol. The third-order valence-corrected chi connectivity index (χ3v) is 2.43. The lowest BCUT2D eigenvalue weighted by Gasteiger charge is -2.12. The van der Waals surface area contributed by atoms with Gasteiger partial charge in [-0.05, 0) is 6.07 Å². The molecule has 0 radical (unpaired) electrons. The first-order chi connectivity index (χ1) is 9.59. The first kappa shape index (κ1) is 16.4. The molecule has 0 saturated heterocycles. The molecule has 0 aliphatic rings. The fourth-order valence-corrected chi connectivity index (χ4v) is 1.47. The van der Waals surface area contributed by atoms with Crippen molar-refractivity contribution in [3.63, 3.8) is 0 Å². The summed E-state index contributed by atoms with van der Waals surface area (Å²) in [6.45, 7) is 0.984. The Hall–Kier alpha value is -1.70. The maximum atomic E-state index is 13.3. The van der Waals surface area contributed by atoms with Crippen molar-refractivity contribution in [1.29, 1.82) is 0 Å². The number of hydrogen-bond donors (Lipinski definition) is 3. The molecule has 1 atom stereocenters. The van der Waals surface area contributed by atoms with Crippen LogP contribution in [0.1, 0.15) is 5.56 Å². The average Bonchev–Trinajstić information content (AvgIpc) is 2.40. The first-order valence-electron chi connectivity index (χ1n) is 6.21. The summed E-state index contributed by atoms with van der Waals surface area (Å²) < 4.78 is 23.0. The number of aliphatic hydroxyl groups excluding tert-OH is 1. The molecule has 0 spiro atoms. The van der Waals surface area contributed by atoms with Crippen molar-refractivity contribution in [2.75, 3.05) is 26.3 Å². The van der Waals surface area contributed by atoms with Crippen molar-refractivity contribution in [3.8, 4) is 0 Å². The normalized spacial score (nSPS) is 12.1. The van der Waals surface area contributed by atoms with Crippen LogP contribution < -0.4 is 11.1 Å². The molecule has 0 heterocycles. The van der Waals surface area contributed by atoms with Gasteiger partial charge >= 0.3 is 6.09 Å². The van der Waals surface area contributed by atoms with Gasteiger partial charge in [0.1, 0.15) is 12.4 Å². The number of aliphatic hydroxyl groups is 1. The summed E-state index contributed by atoms with van der Waals surface area (Å²) in [6, 6.07) is 6.31. The van der Waals surface area contributed by atoms with Gasteiger partial charge in [-0.3, -0.25) is 0 Å². The summed E-state index contributed by atoms with van der Waals surface area (Å²) in [7, 11) is 0. The van der Waals surface area contributed by atoms with Crippen LogP contribution in [0.5, 0.6) is 0 Å². The number of nitrogens with two attached hydrogens (primary N) is 1. The van der Waals surface area contributed by atoms with Gasteiger partial charge in [0.25, 0.3) is 0 Å². The van der Waals surface area contributed by atoms with E-state index in [9.17, 15) is 14.3 Å². The largest absolute Gasteiger partial charge is 0.448 e. The van der Waals surface area contributed by atoms with Crippen LogP contribution in [0.2, 0.25) is 0 Å². The molecule has 4 N–H and O–H groups in total. The molecule has 1 rings (SSSR count). The molecule has 0 aliphatic carbocycles. The van der Waals surface area contributed by atoms with Crippen LogP contribution in [-0.4, -0.2) is 43.6 Å². The van der Waals surface area contributed by atoms with E-state index in [1.165, 1.54) is 6.07 Å². The van der Waals surface area contributed by atoms with E-state index in [1.807, 2.05) is 0 Å². The Labute approximate surface area is 116 Å². The van der Waals surface area contributed by atoms with Gasteiger partial charge in [-0.15, -0.1) is 0 Å². The molecule has 7 heteroatoms. The van der Waals surface area contributed by atoms with Crippen molar-refractivity contribution >= 4 is 6.09 Å². The summed E-state index contributed by atoms with van der Waals surface area (Å²) >= 11 is 0. The molecule has 0 fully saturated rings. The minimum Gasteiger partial charge on any atom is -0.448 e. The number of amides is 1. The monoisotopic (exact) mass is 286 g/mol. The minimum absolute atomic E-state index is 0.0814. The highest BCUT2D eigenvalue weighted by Gasteiger charge is 2.06. The highest BCUT2D eigenvalue weighted by atomic mass is 19.1. The fourth-order valence-electron chi connectivity index (χ4n) is 1.47. The second-order valence-electron chi connectivity index (χ2n) is 4.13. The number of rotatable bonds is 9. The molecule has 0 aromatic heterocycles. The van der Waals surface area contributed by atoms with Gasteiger partial charge in [0.05, 0.1) is 19.3 Å². The summed E-state index contributed by atoms with van der Waals surface area (Å²) in [5.41, 5.74) is 5.23. The second-order valence-corrected chi connectivity index (χ2v) is 4.13. The van der Waals surface area contributed by atoms with Crippen molar-refractivity contribution in [1.82, 2.24) is 5.32 Å². The van der Waals surface area contributed by atoms with E-state index in [1.54, 1.807) is 18.2 Å². The zero-order chi connectivity index (χ0) is 14.8. The van der Waals surface area contributed by atoms with Crippen LogP contribution >= 0.6 is 0 Å². The van der Waals surface area contributed by atoms with Crippen LogP contribution in [0.15, 0.2) is 24.3 Å². The zero-order valence-electron chi connectivity index (χ0n) is 11.0. The molecular formula is C13H19FN2O4. The average molecular weight is 286 g/mol. The molecule has 1 unspecified atom stereocenters. The number of carbonyl (C=O) groups excluding carboxylic acids is 1. The second kappa shape index (κ2) is 9.24. The summed E-state index contributed by atoms with van der Waals surface area (Å²) in [4.78, 5) is 10.3. The third kappa shape index (κ3) is 7.03. The quantitative estimate of drug-likeness (QED) is 0.571. The molecule has 0 bridgehead atoms. The topological polar surface area (TPSA) is 93.8 Å². The lowest BCUT2D eigenvalue weighted by molar-refractivity contribution is 0.0274. The molecule has 112 valence electrons. The number of primary amides is 1. The fraction of sp³-hybridized carbons (Fsp3) is 0.462. The molecule has 1 amide bonds. The number of hydrogen-bond acceptors (Lipinski definition) is 5. The maximum Gasteiger partial charge on any atom is 0.404 e. The minimum atomic E-state index is -0.833. The molecule has 1 aromatic rings. The third-order valence-electron chi connectivity index (χ3n) is 2.43. The van der Waals surface area contributed by atoms with Crippen molar-refractivity contribution < 1.29 is 23.8 Å². The smallest absolute Gasteiger partial charge is 0.404 e. The molecule has 0 saturated carbocycles. The van der Waals surface area contributed by atoms with Gasteiger partial charge in [0.15, 0.2) is 0 Å². The number of halogens is 1. The highest BCUT2D eigenvalue weighted by Crippen LogP contribution is 2.07. The summed E-state index contributed by atoms with van der Waals surface area (Å²) in [5.74, 6) is -0.330. The Morgan fingerprint density at radius 3 is 2.90 bits per heavy atom. The molecule has 0 aliphatic heterocycles. The molecule has 1 aromatic carbocycles. The van der Waals surface area contributed by atoms with Crippen molar-refractivity contribution in [2.24, 2.45) is 5.73 Å². The first-order valence-corrected chi connectivity index (χ1v) is 6.21. The number of nitrogens with one attached hydrogen (secondary N) is 1. The number of benzene rings is 1. The van der Waals surface area contributed by atoms with Gasteiger partial charge in [-0.25, -0.2) is 9.18 Å². The van der Waals surface area contributed by atoms with Crippen LogP contribution in [0.25, 0.3) is 0 Å². The molecular weight excluding hydrogens is 267 g/mol. The van der Waals surface area contributed by atoms with E-state index in [0.29, 0.717) is 12.1 Å². The lowest BCUT2D eigenvalue weighted by atomic mass is 10.2. The molecule has 20 heavy (non-hydrogen) atoms. The van der Waals surface area contributed by atoms with Gasteiger partial charge in [0, 0.05) is 18.7 Å². The Balaban J connectivity index is 2.07. The Bertz CT molecular complexity index is 417. The Morgan fingerprint density at radius 1 is 1.45 bits per heavy atom. The van der Waals surface area contributed by atoms with E-state index < -0.39 is 12.2 Å². The highest BCUT2D eigenvalue weighted by molar-refractivity contribution is 5.64. The van der Waals surface area contributed by atoms with Crippen LogP contribution in [0.3, 0.4) is 0 Å². The SMILES string of the molecule is NC(=O)OCCNCC(O)COCc1ccccc1F. The van der Waals surface area contributed by atoms with Crippen molar-refractivity contribution in [3.05, 3.63) is 35.6 Å². The number of ether oxygens (including phenoxy) is 2. The van der Waals surface area contributed by atoms with Crippen LogP contribution in [-0.2, 0) is 16.1 Å². The van der Waals surface area contributed by atoms with Gasteiger partial charge in [-0.1, -0.05) is 18.2 Å². The van der Waals surface area contributed by atoms with E-state index in [4.69, 9.17) is 10.5 Å². The standard InChI is InChI=1S/C13H19FN2O4/c14-12-4-2-1-3-10(12)8-19-9-11(17)7-16-5-6-20-13(15)18/h1-4,11,16-17H,5-9H2,(H2,15,18). The van der Waals surface area contributed by atoms with Crippen LogP contribution in [0.4, 0.5) is 9.18 Å². The molecule has 6 nitrogen and oxygen atoms in total. The Kier molecular flexibility index (Phi) is 7.56. The zero-order valence-corrected chi connectivity index (χ0v) is 11.0. The predicted octanol–water partition coefficient (Wildman–Crippen LogP) is 0.388. The van der Waals surface area contributed by atoms with E-state index in [-0.39, 0.29) is 32.2 Å². The van der Waals surface area contributed by atoms with E-state index in [2.05, 4.69) is 10.1 Å². The van der Waals surface area contributed by atoms with Crippen molar-refractivity contribution in [2.45, 2.75) is 12.7 Å². The Morgan fingerprint density at radius 2 is 2.20 bits per heavy atom. The summed E-state index contributed by atoms with van der Waals surface area (Å²) in [6.07, 6.45) is -1.56. The van der Waals surface area contributed by atoms with Crippen LogP contribution in [0, 0.1) is 5.82 Å². The van der Waals surface area contributed by atoms with E-state index in [0.717, 1.165) is 0 Å². The van der Waals surface area contributed by atoms with E-state index >= 15 is 0 Å². The lowest BCUT2D eigenvalue weighted by Crippen LogP contribution is -2.33. The van der Waals surface area contributed by atoms with Gasteiger partial charge < -0.3 is 25.6 Å². The van der Waals surface area contributed by atoms with Gasteiger partial charge in [-0.2, -0.15) is 0 Å².